The van der Waals surface area contributed by atoms with E-state index in [-0.39, 0.29) is 12.4 Å². The third-order valence-corrected chi connectivity index (χ3v) is 2.23. The third-order valence-electron chi connectivity index (χ3n) is 2.23. The van der Waals surface area contributed by atoms with Gasteiger partial charge in [-0.1, -0.05) is 0 Å². The summed E-state index contributed by atoms with van der Waals surface area (Å²) in [5.41, 5.74) is 0.776. The highest BCUT2D eigenvalue weighted by Crippen LogP contribution is 2.19. The van der Waals surface area contributed by atoms with E-state index in [1.807, 2.05) is 0 Å². The quantitative estimate of drug-likeness (QED) is 0.775. The molecule has 6 heteroatoms. The molecule has 2 rings (SSSR count). The second-order valence-corrected chi connectivity index (χ2v) is 3.55. The van der Waals surface area contributed by atoms with Crippen LogP contribution in [0.5, 0.6) is 0 Å². The van der Waals surface area contributed by atoms with Gasteiger partial charge < -0.3 is 9.32 Å². The molecule has 2 heterocycles. The van der Waals surface area contributed by atoms with Crippen molar-refractivity contribution in [2.45, 2.75) is 6.54 Å². The van der Waals surface area contributed by atoms with Crippen molar-refractivity contribution in [2.75, 3.05) is 11.9 Å². The van der Waals surface area contributed by atoms with Crippen LogP contribution < -0.4 is 4.90 Å². The first-order valence-electron chi connectivity index (χ1n) is 4.81. The Bertz CT molecular complexity index is 514. The lowest BCUT2D eigenvalue weighted by molar-refractivity contribution is 0.463. The molecule has 0 aliphatic carbocycles. The lowest BCUT2D eigenvalue weighted by Gasteiger charge is -2.17. The number of furan rings is 1. The molecule has 0 amide bonds. The second kappa shape index (κ2) is 4.48. The Balaban J connectivity index is 2.24. The fourth-order valence-electron chi connectivity index (χ4n) is 1.43. The zero-order chi connectivity index (χ0) is 12.4. The van der Waals surface area contributed by atoms with Crippen LogP contribution in [0.4, 0.5) is 19.0 Å². The minimum atomic E-state index is -1.32. The van der Waals surface area contributed by atoms with Gasteiger partial charge in [-0.25, -0.2) is 8.78 Å². The summed E-state index contributed by atoms with van der Waals surface area (Å²) in [5.74, 6) is -3.77. The average molecular weight is 242 g/mol. The highest BCUT2D eigenvalue weighted by atomic mass is 19.2. The highest BCUT2D eigenvalue weighted by molar-refractivity contribution is 5.39. The molecule has 0 spiro atoms. The number of rotatable bonds is 3. The van der Waals surface area contributed by atoms with E-state index < -0.39 is 17.6 Å². The molecule has 0 radical (unpaired) electrons. The molecule has 0 aliphatic heterocycles. The molecular weight excluding hydrogens is 233 g/mol. The van der Waals surface area contributed by atoms with Crippen molar-refractivity contribution in [1.29, 1.82) is 0 Å². The van der Waals surface area contributed by atoms with Crippen molar-refractivity contribution in [2.24, 2.45) is 0 Å². The van der Waals surface area contributed by atoms with Crippen LogP contribution in [-0.4, -0.2) is 12.0 Å². The molecular formula is C11H9F3N2O. The Morgan fingerprint density at radius 3 is 2.71 bits per heavy atom. The van der Waals surface area contributed by atoms with Crippen molar-refractivity contribution in [3.63, 3.8) is 0 Å². The van der Waals surface area contributed by atoms with Gasteiger partial charge in [0.1, 0.15) is 0 Å². The molecule has 3 nitrogen and oxygen atoms in total. The molecule has 2 aromatic heterocycles. The normalized spacial score (nSPS) is 10.6. The first kappa shape index (κ1) is 11.5. The third kappa shape index (κ3) is 2.41. The molecule has 2 aromatic rings. The predicted octanol–water partition coefficient (Wildman–Crippen LogP) is 2.73. The zero-order valence-corrected chi connectivity index (χ0v) is 8.95. The first-order valence-corrected chi connectivity index (χ1v) is 4.81. The maximum atomic E-state index is 13.4. The zero-order valence-electron chi connectivity index (χ0n) is 8.95. The number of nitrogens with zero attached hydrogens (tertiary/aromatic N) is 2. The van der Waals surface area contributed by atoms with Crippen molar-refractivity contribution in [3.05, 3.63) is 47.8 Å². The van der Waals surface area contributed by atoms with Crippen LogP contribution in [0.3, 0.4) is 0 Å². The van der Waals surface area contributed by atoms with E-state index in [1.54, 1.807) is 6.07 Å². The van der Waals surface area contributed by atoms with Crippen molar-refractivity contribution >= 4 is 5.82 Å². The van der Waals surface area contributed by atoms with E-state index in [0.717, 1.165) is 5.56 Å². The van der Waals surface area contributed by atoms with Gasteiger partial charge in [-0.15, -0.1) is 0 Å². The Kier molecular flexibility index (Phi) is 3.03. The fourth-order valence-corrected chi connectivity index (χ4v) is 1.43. The van der Waals surface area contributed by atoms with Gasteiger partial charge in [0.25, 0.3) is 5.95 Å². The SMILES string of the molecule is CN(Cc1ccoc1)c1nc(F)c(F)cc1F. The summed E-state index contributed by atoms with van der Waals surface area (Å²) in [5, 5.41) is 0. The molecule has 0 fully saturated rings. The van der Waals surface area contributed by atoms with Gasteiger partial charge >= 0.3 is 0 Å². The largest absolute Gasteiger partial charge is 0.472 e. The molecule has 0 N–H and O–H groups in total. The maximum Gasteiger partial charge on any atom is 0.251 e. The molecule has 17 heavy (non-hydrogen) atoms. The first-order chi connectivity index (χ1) is 8.08. The number of halogens is 3. The minimum absolute atomic E-state index is 0.245. The topological polar surface area (TPSA) is 29.3 Å². The maximum absolute atomic E-state index is 13.4. The van der Waals surface area contributed by atoms with Crippen molar-refractivity contribution < 1.29 is 17.6 Å². The van der Waals surface area contributed by atoms with E-state index in [0.29, 0.717) is 6.07 Å². The monoisotopic (exact) mass is 242 g/mol. The summed E-state index contributed by atoms with van der Waals surface area (Å²) in [6.45, 7) is 0.283. The predicted molar refractivity (Wildman–Crippen MR) is 54.9 cm³/mol. The summed E-state index contributed by atoms with van der Waals surface area (Å²) < 4.78 is 43.8. The summed E-state index contributed by atoms with van der Waals surface area (Å²) in [4.78, 5) is 4.60. The summed E-state index contributed by atoms with van der Waals surface area (Å²) in [6.07, 6.45) is 2.95. The summed E-state index contributed by atoms with van der Waals surface area (Å²) in [6, 6.07) is 2.16. The number of hydrogen-bond acceptors (Lipinski definition) is 3. The van der Waals surface area contributed by atoms with Gasteiger partial charge in [-0.05, 0) is 6.07 Å². The summed E-state index contributed by atoms with van der Waals surface area (Å²) in [7, 11) is 1.52. The van der Waals surface area contributed by atoms with Crippen LogP contribution in [0.15, 0.2) is 29.1 Å². The molecule has 0 aromatic carbocycles. The van der Waals surface area contributed by atoms with E-state index in [4.69, 9.17) is 4.42 Å². The molecule has 0 unspecified atom stereocenters. The van der Waals surface area contributed by atoms with E-state index in [1.165, 1.54) is 24.5 Å². The molecule has 0 atom stereocenters. The van der Waals surface area contributed by atoms with Crippen molar-refractivity contribution in [1.82, 2.24) is 4.98 Å². The molecule has 0 aliphatic rings. The average Bonchev–Trinajstić information content (AvgIpc) is 2.76. The molecule has 0 bridgehead atoms. The fraction of sp³-hybridized carbons (Fsp3) is 0.182. The number of anilines is 1. The Hall–Kier alpha value is -1.98. The Morgan fingerprint density at radius 2 is 2.06 bits per heavy atom. The van der Waals surface area contributed by atoms with Crippen molar-refractivity contribution in [3.8, 4) is 0 Å². The van der Waals surface area contributed by atoms with Crippen LogP contribution in [0, 0.1) is 17.6 Å². The van der Waals surface area contributed by atoms with Gasteiger partial charge in [0.2, 0.25) is 0 Å². The lowest BCUT2D eigenvalue weighted by atomic mass is 10.3. The van der Waals surface area contributed by atoms with Crippen LogP contribution in [0.25, 0.3) is 0 Å². The van der Waals surface area contributed by atoms with Gasteiger partial charge in [0, 0.05) is 25.2 Å². The number of aromatic nitrogens is 1. The minimum Gasteiger partial charge on any atom is -0.472 e. The van der Waals surface area contributed by atoms with Crippen LogP contribution in [-0.2, 0) is 6.54 Å². The van der Waals surface area contributed by atoms with Gasteiger partial charge in [-0.3, -0.25) is 0 Å². The van der Waals surface area contributed by atoms with Gasteiger partial charge in [0.15, 0.2) is 17.5 Å². The smallest absolute Gasteiger partial charge is 0.251 e. The Labute approximate surface area is 95.5 Å². The highest BCUT2D eigenvalue weighted by Gasteiger charge is 2.15. The van der Waals surface area contributed by atoms with E-state index in [9.17, 15) is 13.2 Å². The van der Waals surface area contributed by atoms with Crippen LogP contribution >= 0.6 is 0 Å². The van der Waals surface area contributed by atoms with E-state index >= 15 is 0 Å². The molecule has 0 saturated carbocycles. The summed E-state index contributed by atoms with van der Waals surface area (Å²) >= 11 is 0. The van der Waals surface area contributed by atoms with Gasteiger partial charge in [-0.2, -0.15) is 9.37 Å². The lowest BCUT2D eigenvalue weighted by Crippen LogP contribution is -2.19. The standard InChI is InChI=1S/C11H9F3N2O/c1-16(5-7-2-3-17-6-7)11-9(13)4-8(12)10(14)15-11/h2-4,6H,5H2,1H3. The van der Waals surface area contributed by atoms with Gasteiger partial charge in [0.05, 0.1) is 12.5 Å². The molecule has 90 valence electrons. The Morgan fingerprint density at radius 1 is 1.29 bits per heavy atom. The van der Waals surface area contributed by atoms with Crippen LogP contribution in [0.1, 0.15) is 5.56 Å². The second-order valence-electron chi connectivity index (χ2n) is 3.55. The number of pyridine rings is 1. The molecule has 0 saturated heterocycles. The number of hydrogen-bond donors (Lipinski definition) is 0. The van der Waals surface area contributed by atoms with E-state index in [2.05, 4.69) is 4.98 Å². The van der Waals surface area contributed by atoms with Crippen LogP contribution in [0.2, 0.25) is 0 Å².